The van der Waals surface area contributed by atoms with Crippen molar-refractivity contribution in [1.82, 2.24) is 0 Å². The second-order valence-electron chi connectivity index (χ2n) is 7.08. The summed E-state index contributed by atoms with van der Waals surface area (Å²) in [6.45, 7) is 6.19. The van der Waals surface area contributed by atoms with Gasteiger partial charge in [-0.3, -0.25) is 15.1 Å². The Labute approximate surface area is 168 Å². The molecule has 0 spiro atoms. The first-order valence-corrected chi connectivity index (χ1v) is 18.0. The van der Waals surface area contributed by atoms with Gasteiger partial charge in [-0.05, 0) is 18.0 Å². The van der Waals surface area contributed by atoms with Crippen molar-refractivity contribution in [3.05, 3.63) is 27.8 Å². The Morgan fingerprint density at radius 3 is 2.32 bits per heavy atom. The Kier molecular flexibility index (Phi) is 9.86. The minimum atomic E-state index is -1.87. The molecule has 5 nitrogen and oxygen atoms in total. The third kappa shape index (κ3) is 7.49. The second-order valence-corrected chi connectivity index (χ2v) is 15.9. The van der Waals surface area contributed by atoms with Crippen LogP contribution in [0, 0.1) is 10.1 Å². The third-order valence-corrected chi connectivity index (χ3v) is 6.14. The topological polar surface area (TPSA) is 75.7 Å². The van der Waals surface area contributed by atoms with Gasteiger partial charge in [-0.1, -0.05) is 38.9 Å². The number of phenolic OH excluding ortho intramolecular Hbond substituents is 1. The van der Waals surface area contributed by atoms with Crippen LogP contribution in [0.4, 0.5) is 5.69 Å². The standard InChI is InChI=1S/C16H24N2O3Si.2ClH.Zr/c1-22(2,3)15-10-14(18(20)21)9-12(16(15)19)11-17-13-7-5-4-6-8-13;;;/h9-11,13,19H,4-8H2,1-3H3;2*1H;/q;;;+2/p-2. The molecule has 1 aromatic carbocycles. The number of aliphatic imine (C=N–C) groups is 1. The summed E-state index contributed by atoms with van der Waals surface area (Å²) in [5.41, 5.74) is 0.498. The van der Waals surface area contributed by atoms with Crippen molar-refractivity contribution in [2.45, 2.75) is 57.8 Å². The van der Waals surface area contributed by atoms with Crippen molar-refractivity contribution < 1.29 is 30.9 Å². The van der Waals surface area contributed by atoms with Gasteiger partial charge in [0.05, 0.1) is 13.0 Å². The summed E-state index contributed by atoms with van der Waals surface area (Å²) in [5.74, 6) is 0.157. The van der Waals surface area contributed by atoms with Crippen LogP contribution >= 0.6 is 17.0 Å². The summed E-state index contributed by atoms with van der Waals surface area (Å²) >= 11 is -0.826. The van der Waals surface area contributed by atoms with Crippen LogP contribution in [0.1, 0.15) is 37.7 Å². The first kappa shape index (κ1) is 22.8. The van der Waals surface area contributed by atoms with Crippen molar-refractivity contribution in [2.24, 2.45) is 4.99 Å². The molecule has 0 bridgehead atoms. The molecule has 0 saturated heterocycles. The van der Waals surface area contributed by atoms with Crippen LogP contribution in [0.25, 0.3) is 0 Å². The van der Waals surface area contributed by atoms with Gasteiger partial charge in [0.2, 0.25) is 0 Å². The fourth-order valence-corrected chi connectivity index (χ4v) is 4.27. The van der Waals surface area contributed by atoms with E-state index in [0.717, 1.165) is 12.8 Å². The number of rotatable bonds is 4. The van der Waals surface area contributed by atoms with Gasteiger partial charge in [-0.15, -0.1) is 0 Å². The molecule has 0 aliphatic heterocycles. The molecule has 1 fully saturated rings. The van der Waals surface area contributed by atoms with Crippen LogP contribution < -0.4 is 5.19 Å². The molecule has 1 aliphatic rings. The number of nitro groups is 1. The number of nitrogens with zero attached hydrogens (tertiary/aromatic N) is 2. The molecule has 1 saturated carbocycles. The summed E-state index contributed by atoms with van der Waals surface area (Å²) in [6, 6.07) is 3.22. The third-order valence-electron chi connectivity index (χ3n) is 4.14. The van der Waals surface area contributed by atoms with Gasteiger partial charge in [-0.2, -0.15) is 0 Å². The van der Waals surface area contributed by atoms with Crippen LogP contribution in [0.3, 0.4) is 0 Å². The Morgan fingerprint density at radius 2 is 1.84 bits per heavy atom. The number of hydrogen-bond donors (Lipinski definition) is 1. The van der Waals surface area contributed by atoms with Crippen molar-refractivity contribution >= 4 is 42.2 Å². The maximum absolute atomic E-state index is 11.1. The van der Waals surface area contributed by atoms with E-state index >= 15 is 0 Å². The molecular weight excluding hydrogens is 458 g/mol. The molecule has 138 valence electrons. The number of phenols is 1. The minimum absolute atomic E-state index is 0.0281. The van der Waals surface area contributed by atoms with Gasteiger partial charge in [0.15, 0.2) is 0 Å². The molecule has 25 heavy (non-hydrogen) atoms. The van der Waals surface area contributed by atoms with Crippen molar-refractivity contribution in [2.75, 3.05) is 0 Å². The van der Waals surface area contributed by atoms with E-state index in [4.69, 9.17) is 17.0 Å². The van der Waals surface area contributed by atoms with Crippen molar-refractivity contribution in [3.8, 4) is 5.75 Å². The number of benzene rings is 1. The molecule has 0 radical (unpaired) electrons. The molecule has 1 N–H and O–H groups in total. The SMILES string of the molecule is C[Si](C)(C)c1cc([N+](=O)[O-])cc(C=NC2CCCCC2)c1O.[Cl][Zr][Cl]. The predicted octanol–water partition coefficient (Wildman–Crippen LogP) is 4.97. The molecule has 0 heterocycles. The number of halogens is 2. The molecule has 1 aromatic rings. The predicted molar refractivity (Wildman–Crippen MR) is 104 cm³/mol. The van der Waals surface area contributed by atoms with Crippen LogP contribution in [-0.4, -0.2) is 30.4 Å². The number of non-ortho nitro benzene ring substituents is 1. The van der Waals surface area contributed by atoms with E-state index in [1.165, 1.54) is 31.4 Å². The van der Waals surface area contributed by atoms with Crippen molar-refractivity contribution in [3.63, 3.8) is 0 Å². The Hall–Kier alpha value is -0.230. The molecule has 0 unspecified atom stereocenters. The Balaban J connectivity index is 0.000000970. The van der Waals surface area contributed by atoms with Gasteiger partial charge in [0.25, 0.3) is 5.69 Å². The normalized spacial score (nSPS) is 15.6. The van der Waals surface area contributed by atoms with E-state index in [-0.39, 0.29) is 17.5 Å². The van der Waals surface area contributed by atoms with Crippen molar-refractivity contribution in [1.29, 1.82) is 0 Å². The summed E-state index contributed by atoms with van der Waals surface area (Å²) in [5, 5.41) is 22.3. The summed E-state index contributed by atoms with van der Waals surface area (Å²) < 4.78 is 0. The van der Waals surface area contributed by atoms with E-state index in [1.807, 2.05) is 0 Å². The van der Waals surface area contributed by atoms with E-state index in [1.54, 1.807) is 6.21 Å². The van der Waals surface area contributed by atoms with Gasteiger partial charge < -0.3 is 5.11 Å². The fraction of sp³-hybridized carbons (Fsp3) is 0.562. The average Bonchev–Trinajstić information content (AvgIpc) is 2.54. The van der Waals surface area contributed by atoms with E-state index in [0.29, 0.717) is 10.8 Å². The zero-order valence-corrected chi connectivity index (χ0v) is 19.7. The summed E-state index contributed by atoms with van der Waals surface area (Å²) in [7, 11) is 8.00. The molecule has 2 rings (SSSR count). The van der Waals surface area contributed by atoms with Crippen LogP contribution in [0.2, 0.25) is 19.6 Å². The summed E-state index contributed by atoms with van der Waals surface area (Å²) in [4.78, 5) is 15.3. The van der Waals surface area contributed by atoms with E-state index < -0.39 is 33.8 Å². The van der Waals surface area contributed by atoms with Gasteiger partial charge >= 0.3 is 37.9 Å². The quantitative estimate of drug-likeness (QED) is 0.285. The molecule has 0 aromatic heterocycles. The number of nitro benzene ring substituents is 1. The molecule has 0 amide bonds. The van der Waals surface area contributed by atoms with Crippen LogP contribution in [0.5, 0.6) is 5.75 Å². The molecule has 9 heteroatoms. The molecule has 1 aliphatic carbocycles. The Morgan fingerprint density at radius 1 is 1.28 bits per heavy atom. The van der Waals surface area contributed by atoms with Crippen LogP contribution in [0.15, 0.2) is 17.1 Å². The number of hydrogen-bond acceptors (Lipinski definition) is 4. The van der Waals surface area contributed by atoms with Gasteiger partial charge in [0.1, 0.15) is 5.75 Å². The van der Waals surface area contributed by atoms with Gasteiger partial charge in [0, 0.05) is 30.0 Å². The van der Waals surface area contributed by atoms with E-state index in [2.05, 4.69) is 24.6 Å². The second kappa shape index (κ2) is 10.8. The zero-order chi connectivity index (χ0) is 19.0. The maximum atomic E-state index is 11.1. The zero-order valence-electron chi connectivity index (χ0n) is 14.8. The first-order valence-electron chi connectivity index (χ1n) is 8.22. The van der Waals surface area contributed by atoms with Gasteiger partial charge in [-0.25, -0.2) is 0 Å². The fourth-order valence-electron chi connectivity index (χ4n) is 2.83. The van der Waals surface area contributed by atoms with Crippen LogP contribution in [-0.2, 0) is 20.8 Å². The summed E-state index contributed by atoms with van der Waals surface area (Å²) in [6.07, 6.45) is 7.38. The average molecular weight is 483 g/mol. The first-order chi connectivity index (χ1) is 11.7. The monoisotopic (exact) mass is 480 g/mol. The van der Waals surface area contributed by atoms with E-state index in [9.17, 15) is 15.2 Å². The Bertz CT molecular complexity index is 618. The molecule has 0 atom stereocenters. The number of aromatic hydroxyl groups is 1. The molecular formula is C16H24Cl2N2O3SiZr.